The maximum Gasteiger partial charge on any atom is 0.274 e. The Kier molecular flexibility index (Phi) is 7.01. The van der Waals surface area contributed by atoms with E-state index in [1.165, 1.54) is 29.7 Å². The van der Waals surface area contributed by atoms with E-state index in [2.05, 4.69) is 11.8 Å². The molecule has 1 atom stereocenters. The summed E-state index contributed by atoms with van der Waals surface area (Å²) in [7, 11) is -4.04. The highest BCUT2D eigenvalue weighted by atomic mass is 32.2. The molecule has 1 aliphatic heterocycles. The van der Waals surface area contributed by atoms with Gasteiger partial charge in [0.05, 0.1) is 11.4 Å². The van der Waals surface area contributed by atoms with E-state index in [0.717, 1.165) is 10.7 Å². The number of sulfonamides is 1. The predicted molar refractivity (Wildman–Crippen MR) is 105 cm³/mol. The molecule has 1 fully saturated rings. The average molecular weight is 427 g/mol. The summed E-state index contributed by atoms with van der Waals surface area (Å²) >= 11 is 5.28. The molecule has 1 aromatic carbocycles. The van der Waals surface area contributed by atoms with Crippen LogP contribution in [0.15, 0.2) is 29.2 Å². The van der Waals surface area contributed by atoms with Crippen LogP contribution >= 0.6 is 12.2 Å². The number of hydrogen-bond acceptors (Lipinski definition) is 7. The Morgan fingerprint density at radius 1 is 1.39 bits per heavy atom. The zero-order valence-electron chi connectivity index (χ0n) is 15.8. The van der Waals surface area contributed by atoms with Crippen molar-refractivity contribution in [3.63, 3.8) is 0 Å². The fourth-order valence-corrected chi connectivity index (χ4v) is 4.44. The second kappa shape index (κ2) is 8.87. The number of ether oxygens (including phenoxy) is 2. The summed E-state index contributed by atoms with van der Waals surface area (Å²) in [6.45, 7) is 4.91. The molecule has 0 saturated carbocycles. The van der Waals surface area contributed by atoms with Gasteiger partial charge in [0.25, 0.3) is 15.9 Å². The number of carbonyl (C=O) groups excluding carboxylic acids is 1. The number of morpholine rings is 1. The summed E-state index contributed by atoms with van der Waals surface area (Å²) in [4.78, 5) is 11.8. The molecule has 2 rings (SSSR count). The number of nitrogens with one attached hydrogen (secondary N) is 1. The van der Waals surface area contributed by atoms with Crippen molar-refractivity contribution in [1.29, 1.82) is 0 Å². The Labute approximate surface area is 169 Å². The van der Waals surface area contributed by atoms with E-state index in [4.69, 9.17) is 26.9 Å². The first-order valence-electron chi connectivity index (χ1n) is 8.51. The zero-order chi connectivity index (χ0) is 20.9. The molecule has 1 unspecified atom stereocenters. The number of rotatable bonds is 5. The molecule has 28 heavy (non-hydrogen) atoms. The van der Waals surface area contributed by atoms with Gasteiger partial charge in [-0.3, -0.25) is 14.3 Å². The summed E-state index contributed by atoms with van der Waals surface area (Å²) in [5.41, 5.74) is 0.283. The van der Waals surface area contributed by atoms with Gasteiger partial charge >= 0.3 is 0 Å². The highest BCUT2D eigenvalue weighted by Gasteiger charge is 2.45. The zero-order valence-corrected chi connectivity index (χ0v) is 17.4. The summed E-state index contributed by atoms with van der Waals surface area (Å²) in [6.07, 6.45) is -0.479. The molecule has 0 aliphatic carbocycles. The van der Waals surface area contributed by atoms with Gasteiger partial charge in [0.15, 0.2) is 6.10 Å². The SMILES string of the molecule is CCC#CCOc1ccc(S(=O)(=O)N2CC(C(=O)NO)OC(C)(C)C2=S)cc1. The van der Waals surface area contributed by atoms with Crippen molar-refractivity contribution in [3.05, 3.63) is 24.3 Å². The first-order valence-corrected chi connectivity index (χ1v) is 10.4. The predicted octanol–water partition coefficient (Wildman–Crippen LogP) is 1.48. The molecule has 152 valence electrons. The standard InChI is InChI=1S/C18H22N2O6S2/c1-4-5-6-11-25-13-7-9-14(10-8-13)28(23,24)20-12-15(16(21)19-22)26-18(2,3)17(20)27/h7-10,15,22H,4,11-12H2,1-3H3,(H,19,21). The van der Waals surface area contributed by atoms with Crippen LogP contribution in [0, 0.1) is 11.8 Å². The number of hydroxylamine groups is 1. The normalized spacial score (nSPS) is 18.8. The topological polar surface area (TPSA) is 105 Å². The number of nitrogens with zero attached hydrogens (tertiary/aromatic N) is 1. The highest BCUT2D eigenvalue weighted by Crippen LogP contribution is 2.29. The lowest BCUT2D eigenvalue weighted by Gasteiger charge is -2.42. The van der Waals surface area contributed by atoms with Crippen LogP contribution in [0.2, 0.25) is 0 Å². The second-order valence-corrected chi connectivity index (χ2v) is 8.65. The monoisotopic (exact) mass is 426 g/mol. The largest absolute Gasteiger partial charge is 0.481 e. The fraction of sp³-hybridized carbons (Fsp3) is 0.444. The molecule has 1 heterocycles. The summed E-state index contributed by atoms with van der Waals surface area (Å²) < 4.78 is 38.1. The van der Waals surface area contributed by atoms with Gasteiger partial charge in [-0.25, -0.2) is 13.9 Å². The van der Waals surface area contributed by atoms with E-state index in [-0.39, 0.29) is 23.0 Å². The van der Waals surface area contributed by atoms with Crippen molar-refractivity contribution in [1.82, 2.24) is 9.79 Å². The first kappa shape index (κ1) is 22.1. The summed E-state index contributed by atoms with van der Waals surface area (Å²) in [5, 5.41) is 8.86. The number of thiocarbonyl (C=S) groups is 1. The van der Waals surface area contributed by atoms with Gasteiger partial charge in [-0.15, -0.1) is 5.92 Å². The van der Waals surface area contributed by atoms with Crippen LogP contribution in [-0.4, -0.2) is 53.7 Å². The third kappa shape index (κ3) is 4.80. The third-order valence-electron chi connectivity index (χ3n) is 3.94. The van der Waals surface area contributed by atoms with Gasteiger partial charge in [-0.05, 0) is 38.1 Å². The fourth-order valence-electron chi connectivity index (χ4n) is 2.52. The van der Waals surface area contributed by atoms with Gasteiger partial charge in [0.2, 0.25) is 0 Å². The Morgan fingerprint density at radius 3 is 2.61 bits per heavy atom. The van der Waals surface area contributed by atoms with E-state index in [1.807, 2.05) is 6.92 Å². The molecule has 0 bridgehead atoms. The summed E-state index contributed by atoms with van der Waals surface area (Å²) in [6, 6.07) is 5.83. The minimum atomic E-state index is -4.04. The van der Waals surface area contributed by atoms with E-state index in [0.29, 0.717) is 5.75 Å². The van der Waals surface area contributed by atoms with Crippen LogP contribution in [0.4, 0.5) is 0 Å². The van der Waals surface area contributed by atoms with Crippen LogP contribution in [0.1, 0.15) is 27.2 Å². The van der Waals surface area contributed by atoms with Crippen molar-refractivity contribution in [3.8, 4) is 17.6 Å². The molecule has 0 radical (unpaired) electrons. The Morgan fingerprint density at radius 2 is 2.04 bits per heavy atom. The van der Waals surface area contributed by atoms with Crippen LogP contribution in [0.5, 0.6) is 5.75 Å². The molecule has 10 heteroatoms. The lowest BCUT2D eigenvalue weighted by Crippen LogP contribution is -2.60. The van der Waals surface area contributed by atoms with Gasteiger partial charge in [-0.1, -0.05) is 25.1 Å². The van der Waals surface area contributed by atoms with Crippen LogP contribution in [0.3, 0.4) is 0 Å². The van der Waals surface area contributed by atoms with Gasteiger partial charge in [-0.2, -0.15) is 0 Å². The minimum Gasteiger partial charge on any atom is -0.481 e. The quantitative estimate of drug-likeness (QED) is 0.318. The molecule has 1 amide bonds. The molecule has 1 aliphatic rings. The molecule has 0 aromatic heterocycles. The van der Waals surface area contributed by atoms with Crippen molar-refractivity contribution in [2.45, 2.75) is 43.8 Å². The third-order valence-corrected chi connectivity index (χ3v) is 6.54. The van der Waals surface area contributed by atoms with Crippen LogP contribution < -0.4 is 10.2 Å². The molecule has 1 saturated heterocycles. The van der Waals surface area contributed by atoms with Gasteiger partial charge in [0.1, 0.15) is 22.9 Å². The molecule has 1 aromatic rings. The minimum absolute atomic E-state index is 0.0114. The number of hydrogen-bond donors (Lipinski definition) is 2. The van der Waals surface area contributed by atoms with Crippen molar-refractivity contribution in [2.75, 3.05) is 13.2 Å². The summed E-state index contributed by atoms with van der Waals surface area (Å²) in [5.74, 6) is 5.33. The Balaban J connectivity index is 2.26. The Hall–Kier alpha value is -2.19. The second-order valence-electron chi connectivity index (χ2n) is 6.40. The van der Waals surface area contributed by atoms with Gasteiger partial charge in [0, 0.05) is 6.42 Å². The average Bonchev–Trinajstić information content (AvgIpc) is 2.66. The Bertz CT molecular complexity index is 900. The maximum absolute atomic E-state index is 13.1. The number of amides is 1. The molecule has 0 spiro atoms. The smallest absolute Gasteiger partial charge is 0.274 e. The van der Waals surface area contributed by atoms with Crippen molar-refractivity contribution in [2.24, 2.45) is 0 Å². The number of benzene rings is 1. The van der Waals surface area contributed by atoms with E-state index in [9.17, 15) is 13.2 Å². The molecule has 8 nitrogen and oxygen atoms in total. The number of carbonyl (C=O) groups is 1. The van der Waals surface area contributed by atoms with E-state index in [1.54, 1.807) is 13.8 Å². The van der Waals surface area contributed by atoms with Gasteiger partial charge < -0.3 is 9.47 Å². The first-order chi connectivity index (χ1) is 13.1. The molecular weight excluding hydrogens is 404 g/mol. The molecule has 2 N–H and O–H groups in total. The molecular formula is C18H22N2O6S2. The van der Waals surface area contributed by atoms with Crippen LogP contribution in [-0.2, 0) is 19.6 Å². The van der Waals surface area contributed by atoms with E-state index >= 15 is 0 Å². The highest BCUT2D eigenvalue weighted by molar-refractivity contribution is 7.91. The lowest BCUT2D eigenvalue weighted by atomic mass is 10.1. The maximum atomic E-state index is 13.1. The van der Waals surface area contributed by atoms with Crippen molar-refractivity contribution >= 4 is 33.1 Å². The van der Waals surface area contributed by atoms with Crippen LogP contribution in [0.25, 0.3) is 0 Å². The van der Waals surface area contributed by atoms with Crippen molar-refractivity contribution < 1.29 is 27.9 Å². The lowest BCUT2D eigenvalue weighted by molar-refractivity contribution is -0.150. The van der Waals surface area contributed by atoms with E-state index < -0.39 is 27.6 Å².